The second-order valence-electron chi connectivity index (χ2n) is 8.47. The first kappa shape index (κ1) is 23.4. The van der Waals surface area contributed by atoms with Crippen LogP contribution in [0.2, 0.25) is 5.02 Å². The van der Waals surface area contributed by atoms with Gasteiger partial charge in [-0.15, -0.1) is 0 Å². The van der Waals surface area contributed by atoms with Crippen LogP contribution in [0.25, 0.3) is 0 Å². The maximum Gasteiger partial charge on any atom is 0.262 e. The molecule has 0 spiro atoms. The second kappa shape index (κ2) is 10.3. The zero-order chi connectivity index (χ0) is 23.1. The molecule has 0 saturated carbocycles. The molecule has 0 heterocycles. The van der Waals surface area contributed by atoms with Gasteiger partial charge in [0.2, 0.25) is 0 Å². The van der Waals surface area contributed by atoms with E-state index in [-0.39, 0.29) is 23.8 Å². The average Bonchev–Trinajstić information content (AvgIpc) is 2.77. The molecule has 2 amide bonds. The molecular weight excluding hydrogens is 424 g/mol. The van der Waals surface area contributed by atoms with Gasteiger partial charge in [-0.05, 0) is 52.9 Å². The van der Waals surface area contributed by atoms with Crippen molar-refractivity contribution >= 4 is 29.1 Å². The number of benzene rings is 3. The molecule has 166 valence electrons. The number of para-hydroxylation sites is 1. The van der Waals surface area contributed by atoms with Crippen LogP contribution in [0.5, 0.6) is 5.75 Å². The molecule has 0 fully saturated rings. The minimum atomic E-state index is -0.332. The van der Waals surface area contributed by atoms with Crippen LogP contribution in [0.4, 0.5) is 5.69 Å². The van der Waals surface area contributed by atoms with E-state index in [0.29, 0.717) is 28.6 Å². The summed E-state index contributed by atoms with van der Waals surface area (Å²) in [4.78, 5) is 24.9. The van der Waals surface area contributed by atoms with Crippen molar-refractivity contribution in [1.29, 1.82) is 0 Å². The third kappa shape index (κ3) is 6.59. The Morgan fingerprint density at radius 2 is 1.56 bits per heavy atom. The molecule has 0 atom stereocenters. The number of rotatable bonds is 7. The molecule has 6 heteroatoms. The number of anilines is 1. The predicted octanol–water partition coefficient (Wildman–Crippen LogP) is 5.59. The Labute approximate surface area is 193 Å². The first-order valence-electron chi connectivity index (χ1n) is 10.4. The van der Waals surface area contributed by atoms with Crippen molar-refractivity contribution in [3.05, 3.63) is 94.5 Å². The number of nitrogens with one attached hydrogen (secondary N) is 2. The SMILES string of the molecule is CC(C)(C)c1ccc(CNC(=O)c2ccccc2OCC(=O)Nc2ccc(Cl)cc2)cc1. The number of amides is 2. The van der Waals surface area contributed by atoms with Gasteiger partial charge >= 0.3 is 0 Å². The van der Waals surface area contributed by atoms with Crippen LogP contribution in [0, 0.1) is 0 Å². The zero-order valence-electron chi connectivity index (χ0n) is 18.4. The lowest BCUT2D eigenvalue weighted by Crippen LogP contribution is -2.25. The predicted molar refractivity (Wildman–Crippen MR) is 128 cm³/mol. The van der Waals surface area contributed by atoms with Crippen LogP contribution in [0.1, 0.15) is 42.3 Å². The summed E-state index contributed by atoms with van der Waals surface area (Å²) in [5, 5.41) is 6.23. The first-order chi connectivity index (χ1) is 15.2. The molecule has 3 aromatic rings. The van der Waals surface area contributed by atoms with Gasteiger partial charge in [0.15, 0.2) is 6.61 Å². The van der Waals surface area contributed by atoms with Crippen LogP contribution in [0.3, 0.4) is 0 Å². The Hall–Kier alpha value is -3.31. The highest BCUT2D eigenvalue weighted by atomic mass is 35.5. The van der Waals surface area contributed by atoms with Crippen LogP contribution in [-0.2, 0) is 16.8 Å². The molecule has 32 heavy (non-hydrogen) atoms. The average molecular weight is 451 g/mol. The molecule has 0 aliphatic carbocycles. The van der Waals surface area contributed by atoms with Gasteiger partial charge in [-0.2, -0.15) is 0 Å². The largest absolute Gasteiger partial charge is 0.483 e. The fraction of sp³-hybridized carbons (Fsp3) is 0.231. The van der Waals surface area contributed by atoms with Gasteiger partial charge in [0.05, 0.1) is 5.56 Å². The lowest BCUT2D eigenvalue weighted by molar-refractivity contribution is -0.118. The molecule has 3 rings (SSSR count). The fourth-order valence-corrected chi connectivity index (χ4v) is 3.18. The summed E-state index contributed by atoms with van der Waals surface area (Å²) in [6.07, 6.45) is 0. The normalized spacial score (nSPS) is 11.0. The van der Waals surface area contributed by atoms with Crippen LogP contribution in [0.15, 0.2) is 72.8 Å². The monoisotopic (exact) mass is 450 g/mol. The maximum absolute atomic E-state index is 12.7. The second-order valence-corrected chi connectivity index (χ2v) is 8.91. The van der Waals surface area contributed by atoms with Gasteiger partial charge in [-0.3, -0.25) is 9.59 Å². The van der Waals surface area contributed by atoms with Crippen molar-refractivity contribution < 1.29 is 14.3 Å². The van der Waals surface area contributed by atoms with E-state index in [1.807, 2.05) is 12.1 Å². The molecule has 0 aliphatic rings. The maximum atomic E-state index is 12.7. The van der Waals surface area contributed by atoms with E-state index >= 15 is 0 Å². The van der Waals surface area contributed by atoms with E-state index in [2.05, 4.69) is 43.5 Å². The Bertz CT molecular complexity index is 1070. The lowest BCUT2D eigenvalue weighted by atomic mass is 9.87. The van der Waals surface area contributed by atoms with Gasteiger partial charge in [0.25, 0.3) is 11.8 Å². The third-order valence-corrected chi connectivity index (χ3v) is 5.14. The molecular formula is C26H27ClN2O3. The standard InChI is InChI=1S/C26H27ClN2O3/c1-26(2,3)19-10-8-18(9-11-19)16-28-25(31)22-6-4-5-7-23(22)32-17-24(30)29-21-14-12-20(27)13-15-21/h4-15H,16-17H2,1-3H3,(H,28,31)(H,29,30). The minimum absolute atomic E-state index is 0.0813. The van der Waals surface area contributed by atoms with Crippen LogP contribution < -0.4 is 15.4 Å². The summed E-state index contributed by atoms with van der Waals surface area (Å²) in [6, 6.07) is 21.8. The van der Waals surface area contributed by atoms with Crippen molar-refractivity contribution in [2.24, 2.45) is 0 Å². The van der Waals surface area contributed by atoms with Gasteiger partial charge in [-0.1, -0.05) is 68.8 Å². The topological polar surface area (TPSA) is 67.4 Å². The van der Waals surface area contributed by atoms with Crippen molar-refractivity contribution in [1.82, 2.24) is 5.32 Å². The Morgan fingerprint density at radius 1 is 0.906 bits per heavy atom. The summed E-state index contributed by atoms with van der Waals surface area (Å²) >= 11 is 5.85. The molecule has 0 unspecified atom stereocenters. The number of halogens is 1. The molecule has 3 aromatic carbocycles. The Kier molecular flexibility index (Phi) is 7.54. The van der Waals surface area contributed by atoms with E-state index in [1.165, 1.54) is 5.56 Å². The molecule has 2 N–H and O–H groups in total. The third-order valence-electron chi connectivity index (χ3n) is 4.89. The highest BCUT2D eigenvalue weighted by Crippen LogP contribution is 2.22. The Balaban J connectivity index is 1.57. The molecule has 0 aromatic heterocycles. The summed E-state index contributed by atoms with van der Waals surface area (Å²) in [5.41, 5.74) is 3.32. The van der Waals surface area contributed by atoms with Gasteiger partial charge < -0.3 is 15.4 Å². The number of ether oxygens (including phenoxy) is 1. The summed E-state index contributed by atoms with van der Waals surface area (Å²) in [5.74, 6) is -0.251. The molecule has 0 bridgehead atoms. The number of carbonyl (C=O) groups is 2. The van der Waals surface area contributed by atoms with Gasteiger partial charge in [-0.25, -0.2) is 0 Å². The number of hydrogen-bond acceptors (Lipinski definition) is 3. The highest BCUT2D eigenvalue weighted by molar-refractivity contribution is 6.30. The van der Waals surface area contributed by atoms with E-state index < -0.39 is 0 Å². The summed E-state index contributed by atoms with van der Waals surface area (Å²) < 4.78 is 5.62. The zero-order valence-corrected chi connectivity index (χ0v) is 19.2. The quantitative estimate of drug-likeness (QED) is 0.493. The smallest absolute Gasteiger partial charge is 0.262 e. The van der Waals surface area contributed by atoms with Gasteiger partial charge in [0, 0.05) is 17.3 Å². The van der Waals surface area contributed by atoms with Crippen LogP contribution >= 0.6 is 11.6 Å². The van der Waals surface area contributed by atoms with E-state index in [4.69, 9.17) is 16.3 Å². The summed E-state index contributed by atoms with van der Waals surface area (Å²) in [7, 11) is 0. The first-order valence-corrected chi connectivity index (χ1v) is 10.7. The lowest BCUT2D eigenvalue weighted by Gasteiger charge is -2.19. The van der Waals surface area contributed by atoms with Crippen molar-refractivity contribution in [3.63, 3.8) is 0 Å². The van der Waals surface area contributed by atoms with Gasteiger partial charge in [0.1, 0.15) is 5.75 Å². The Morgan fingerprint density at radius 3 is 2.22 bits per heavy atom. The molecule has 0 radical (unpaired) electrons. The number of hydrogen-bond donors (Lipinski definition) is 2. The molecule has 5 nitrogen and oxygen atoms in total. The van der Waals surface area contributed by atoms with Crippen molar-refractivity contribution in [2.75, 3.05) is 11.9 Å². The fourth-order valence-electron chi connectivity index (χ4n) is 3.05. The summed E-state index contributed by atoms with van der Waals surface area (Å²) in [6.45, 7) is 6.67. The van der Waals surface area contributed by atoms with E-state index in [0.717, 1.165) is 5.56 Å². The van der Waals surface area contributed by atoms with Crippen LogP contribution in [-0.4, -0.2) is 18.4 Å². The minimum Gasteiger partial charge on any atom is -0.483 e. The van der Waals surface area contributed by atoms with Crippen molar-refractivity contribution in [3.8, 4) is 5.75 Å². The number of carbonyl (C=O) groups excluding carboxylic acids is 2. The highest BCUT2D eigenvalue weighted by Gasteiger charge is 2.15. The molecule has 0 aliphatic heterocycles. The van der Waals surface area contributed by atoms with E-state index in [9.17, 15) is 9.59 Å². The molecule has 0 saturated heterocycles. The van der Waals surface area contributed by atoms with E-state index in [1.54, 1.807) is 48.5 Å². The van der Waals surface area contributed by atoms with Crippen molar-refractivity contribution in [2.45, 2.75) is 32.7 Å².